The highest BCUT2D eigenvalue weighted by Crippen LogP contribution is 2.26. The van der Waals surface area contributed by atoms with Crippen LogP contribution in [0.5, 0.6) is 0 Å². The Bertz CT molecular complexity index is 479. The third-order valence-corrected chi connectivity index (χ3v) is 4.69. The van der Waals surface area contributed by atoms with E-state index < -0.39 is 0 Å². The third kappa shape index (κ3) is 4.11. The van der Waals surface area contributed by atoms with E-state index in [4.69, 9.17) is 23.2 Å². The molecule has 1 aliphatic rings. The van der Waals surface area contributed by atoms with Gasteiger partial charge in [0.25, 0.3) is 0 Å². The van der Waals surface area contributed by atoms with Crippen molar-refractivity contribution in [2.75, 3.05) is 6.54 Å². The first-order valence-electron chi connectivity index (χ1n) is 6.95. The van der Waals surface area contributed by atoms with Crippen molar-refractivity contribution < 1.29 is 9.90 Å². The lowest BCUT2D eigenvalue weighted by molar-refractivity contribution is -0.121. The van der Waals surface area contributed by atoms with Crippen LogP contribution in [-0.4, -0.2) is 23.7 Å². The van der Waals surface area contributed by atoms with E-state index in [0.717, 1.165) is 24.8 Å². The Kier molecular flexibility index (Phi) is 5.70. The maximum atomic E-state index is 11.8. The van der Waals surface area contributed by atoms with E-state index >= 15 is 0 Å². The average molecular weight is 316 g/mol. The van der Waals surface area contributed by atoms with E-state index in [9.17, 15) is 9.90 Å². The largest absolute Gasteiger partial charge is 0.393 e. The second-order valence-corrected chi connectivity index (χ2v) is 6.06. The molecule has 1 fully saturated rings. The van der Waals surface area contributed by atoms with E-state index in [1.807, 2.05) is 12.1 Å². The smallest absolute Gasteiger partial charge is 0.220 e. The van der Waals surface area contributed by atoms with Gasteiger partial charge in [-0.15, -0.1) is 0 Å². The number of aryl methyl sites for hydroxylation is 1. The lowest BCUT2D eigenvalue weighted by Crippen LogP contribution is -2.32. The zero-order valence-corrected chi connectivity index (χ0v) is 12.8. The van der Waals surface area contributed by atoms with Crippen molar-refractivity contribution in [3.8, 4) is 0 Å². The molecule has 2 unspecified atom stereocenters. The van der Waals surface area contributed by atoms with Gasteiger partial charge in [-0.2, -0.15) is 0 Å². The van der Waals surface area contributed by atoms with Crippen LogP contribution in [0.3, 0.4) is 0 Å². The summed E-state index contributed by atoms with van der Waals surface area (Å²) in [6, 6.07) is 5.44. The van der Waals surface area contributed by atoms with Crippen molar-refractivity contribution in [2.24, 2.45) is 5.92 Å². The van der Waals surface area contributed by atoms with Crippen LogP contribution in [0.2, 0.25) is 10.0 Å². The maximum Gasteiger partial charge on any atom is 0.220 e. The number of halogens is 2. The van der Waals surface area contributed by atoms with Crippen molar-refractivity contribution in [3.63, 3.8) is 0 Å². The molecule has 1 aromatic rings. The standard InChI is InChI=1S/C15H19Cl2NO2/c16-12-5-1-3-10(15(12)17)7-8-14(20)18-9-11-4-2-6-13(11)19/h1,3,5,11,13,19H,2,4,6-9H2,(H,18,20). The Labute approximate surface area is 129 Å². The topological polar surface area (TPSA) is 49.3 Å². The monoisotopic (exact) mass is 315 g/mol. The fourth-order valence-corrected chi connectivity index (χ4v) is 2.99. The number of carbonyl (C=O) groups is 1. The van der Waals surface area contributed by atoms with Gasteiger partial charge in [0.2, 0.25) is 5.91 Å². The first kappa shape index (κ1) is 15.6. The van der Waals surface area contributed by atoms with Crippen LogP contribution >= 0.6 is 23.2 Å². The lowest BCUT2D eigenvalue weighted by atomic mass is 10.1. The second kappa shape index (κ2) is 7.30. The van der Waals surface area contributed by atoms with Crippen molar-refractivity contribution in [1.82, 2.24) is 5.32 Å². The number of nitrogens with one attached hydrogen (secondary N) is 1. The number of amides is 1. The molecule has 0 aliphatic heterocycles. The summed E-state index contributed by atoms with van der Waals surface area (Å²) < 4.78 is 0. The highest BCUT2D eigenvalue weighted by atomic mass is 35.5. The van der Waals surface area contributed by atoms with Crippen LogP contribution in [-0.2, 0) is 11.2 Å². The molecule has 0 radical (unpaired) electrons. The Hall–Kier alpha value is -0.770. The Morgan fingerprint density at radius 3 is 2.85 bits per heavy atom. The van der Waals surface area contributed by atoms with Crippen molar-refractivity contribution in [1.29, 1.82) is 0 Å². The van der Waals surface area contributed by atoms with Gasteiger partial charge in [0, 0.05) is 18.9 Å². The Morgan fingerprint density at radius 1 is 1.35 bits per heavy atom. The number of aliphatic hydroxyl groups is 1. The molecule has 3 nitrogen and oxygen atoms in total. The van der Waals surface area contributed by atoms with Gasteiger partial charge in [0.05, 0.1) is 16.1 Å². The second-order valence-electron chi connectivity index (χ2n) is 5.28. The van der Waals surface area contributed by atoms with Crippen molar-refractivity contribution in [2.45, 2.75) is 38.2 Å². The molecule has 0 spiro atoms. The number of aliphatic hydroxyl groups excluding tert-OH is 1. The van der Waals surface area contributed by atoms with Crippen molar-refractivity contribution in [3.05, 3.63) is 33.8 Å². The molecule has 2 atom stereocenters. The Morgan fingerprint density at radius 2 is 2.15 bits per heavy atom. The minimum Gasteiger partial charge on any atom is -0.393 e. The normalized spacial score (nSPS) is 21.9. The minimum absolute atomic E-state index is 0.0138. The molecule has 0 bridgehead atoms. The van der Waals surface area contributed by atoms with Gasteiger partial charge < -0.3 is 10.4 Å². The molecule has 0 heterocycles. The van der Waals surface area contributed by atoms with Crippen LogP contribution in [0.25, 0.3) is 0 Å². The Balaban J connectivity index is 1.76. The fourth-order valence-electron chi connectivity index (χ4n) is 2.58. The number of rotatable bonds is 5. The summed E-state index contributed by atoms with van der Waals surface area (Å²) in [5.41, 5.74) is 0.884. The average Bonchev–Trinajstić information content (AvgIpc) is 2.83. The summed E-state index contributed by atoms with van der Waals surface area (Å²) in [5.74, 6) is 0.189. The summed E-state index contributed by atoms with van der Waals surface area (Å²) in [7, 11) is 0. The molecule has 1 aliphatic carbocycles. The van der Waals surface area contributed by atoms with E-state index in [2.05, 4.69) is 5.32 Å². The number of benzene rings is 1. The van der Waals surface area contributed by atoms with Gasteiger partial charge in [0.1, 0.15) is 0 Å². The molecule has 1 aromatic carbocycles. The van der Waals surface area contributed by atoms with Gasteiger partial charge >= 0.3 is 0 Å². The maximum absolute atomic E-state index is 11.8. The number of hydrogen-bond donors (Lipinski definition) is 2. The molecule has 0 saturated heterocycles. The van der Waals surface area contributed by atoms with Gasteiger partial charge in [-0.1, -0.05) is 41.8 Å². The van der Waals surface area contributed by atoms with Gasteiger partial charge in [-0.3, -0.25) is 4.79 Å². The minimum atomic E-state index is -0.266. The zero-order valence-electron chi connectivity index (χ0n) is 11.2. The van der Waals surface area contributed by atoms with E-state index in [1.165, 1.54) is 0 Å². The predicted molar refractivity (Wildman–Crippen MR) is 81.1 cm³/mol. The van der Waals surface area contributed by atoms with Gasteiger partial charge in [-0.05, 0) is 30.9 Å². The van der Waals surface area contributed by atoms with Gasteiger partial charge in [0.15, 0.2) is 0 Å². The lowest BCUT2D eigenvalue weighted by Gasteiger charge is -2.15. The SMILES string of the molecule is O=C(CCc1cccc(Cl)c1Cl)NCC1CCCC1O. The summed E-state index contributed by atoms with van der Waals surface area (Å²) in [6.07, 6.45) is 3.55. The molecule has 20 heavy (non-hydrogen) atoms. The molecule has 0 aromatic heterocycles. The first-order valence-corrected chi connectivity index (χ1v) is 7.71. The van der Waals surface area contributed by atoms with Crippen LogP contribution < -0.4 is 5.32 Å². The summed E-state index contributed by atoms with van der Waals surface area (Å²) in [4.78, 5) is 11.8. The highest BCUT2D eigenvalue weighted by molar-refractivity contribution is 6.42. The van der Waals surface area contributed by atoms with Gasteiger partial charge in [-0.25, -0.2) is 0 Å². The zero-order chi connectivity index (χ0) is 14.5. The molecular weight excluding hydrogens is 297 g/mol. The fraction of sp³-hybridized carbons (Fsp3) is 0.533. The molecule has 5 heteroatoms. The molecule has 1 amide bonds. The number of hydrogen-bond acceptors (Lipinski definition) is 2. The predicted octanol–water partition coefficient (Wildman–Crippen LogP) is 3.20. The van der Waals surface area contributed by atoms with E-state index in [-0.39, 0.29) is 17.9 Å². The summed E-state index contributed by atoms with van der Waals surface area (Å²) >= 11 is 12.0. The highest BCUT2D eigenvalue weighted by Gasteiger charge is 2.25. The molecule has 2 rings (SSSR count). The quantitative estimate of drug-likeness (QED) is 0.876. The van der Waals surface area contributed by atoms with E-state index in [0.29, 0.717) is 29.4 Å². The molecule has 2 N–H and O–H groups in total. The van der Waals surface area contributed by atoms with E-state index in [1.54, 1.807) is 6.07 Å². The van der Waals surface area contributed by atoms with Crippen molar-refractivity contribution >= 4 is 29.1 Å². The van der Waals surface area contributed by atoms with Crippen LogP contribution in [0.15, 0.2) is 18.2 Å². The first-order chi connectivity index (χ1) is 9.58. The summed E-state index contributed by atoms with van der Waals surface area (Å²) in [6.45, 7) is 0.559. The molecule has 110 valence electrons. The molecular formula is C15H19Cl2NO2. The summed E-state index contributed by atoms with van der Waals surface area (Å²) in [5, 5.41) is 13.6. The number of carbonyl (C=O) groups excluding carboxylic acids is 1. The third-order valence-electron chi connectivity index (χ3n) is 3.83. The van der Waals surface area contributed by atoms with Crippen LogP contribution in [0, 0.1) is 5.92 Å². The van der Waals surface area contributed by atoms with Crippen LogP contribution in [0.1, 0.15) is 31.2 Å². The molecule has 1 saturated carbocycles. The van der Waals surface area contributed by atoms with Crippen LogP contribution in [0.4, 0.5) is 0 Å².